The Morgan fingerprint density at radius 2 is 2.00 bits per heavy atom. The first-order valence-electron chi connectivity index (χ1n) is 8.84. The molecule has 0 saturated carbocycles. The minimum atomic E-state index is -0.246. The van der Waals surface area contributed by atoms with Gasteiger partial charge in [-0.25, -0.2) is 9.37 Å². The summed E-state index contributed by atoms with van der Waals surface area (Å²) in [5.41, 5.74) is 0.979. The van der Waals surface area contributed by atoms with Crippen molar-refractivity contribution in [3.63, 3.8) is 0 Å². The zero-order valence-electron chi connectivity index (χ0n) is 14.7. The fourth-order valence-corrected chi connectivity index (χ4v) is 3.83. The number of anilines is 1. The number of hydrogen-bond acceptors (Lipinski definition) is 6. The number of hydrogen-bond donors (Lipinski definition) is 0. The van der Waals surface area contributed by atoms with Crippen LogP contribution in [-0.4, -0.2) is 46.3 Å². The van der Waals surface area contributed by atoms with Crippen LogP contribution >= 0.6 is 11.5 Å². The molecule has 0 atom stereocenters. The Morgan fingerprint density at radius 1 is 1.15 bits per heavy atom. The standard InChI is InChI=1S/C19H19FN4O2S/c20-15-6-4-14(5-7-15)13-17-21-19(27-22-17)24-9-2-8-23(10-11-24)18(25)16-3-1-12-26-16/h1,3-7,12H,2,8-11,13H2. The van der Waals surface area contributed by atoms with Gasteiger partial charge >= 0.3 is 0 Å². The highest BCUT2D eigenvalue weighted by molar-refractivity contribution is 7.09. The Morgan fingerprint density at radius 3 is 2.78 bits per heavy atom. The first-order chi connectivity index (χ1) is 13.2. The molecular weight excluding hydrogens is 367 g/mol. The molecule has 3 heterocycles. The van der Waals surface area contributed by atoms with Crippen LogP contribution in [0.25, 0.3) is 0 Å². The number of rotatable bonds is 4. The zero-order chi connectivity index (χ0) is 18.6. The predicted octanol–water partition coefficient (Wildman–Crippen LogP) is 3.21. The molecule has 4 rings (SSSR count). The molecule has 0 bridgehead atoms. The number of benzene rings is 1. The fraction of sp³-hybridized carbons (Fsp3) is 0.316. The van der Waals surface area contributed by atoms with E-state index in [1.165, 1.54) is 29.9 Å². The minimum absolute atomic E-state index is 0.0730. The van der Waals surface area contributed by atoms with Gasteiger partial charge in [0.25, 0.3) is 5.91 Å². The number of furan rings is 1. The molecule has 6 nitrogen and oxygen atoms in total. The lowest BCUT2D eigenvalue weighted by Crippen LogP contribution is -2.35. The van der Waals surface area contributed by atoms with Gasteiger partial charge in [-0.3, -0.25) is 4.79 Å². The van der Waals surface area contributed by atoms with Gasteiger partial charge in [0.1, 0.15) is 11.6 Å². The molecule has 0 spiro atoms. The average Bonchev–Trinajstić information content (AvgIpc) is 3.31. The minimum Gasteiger partial charge on any atom is -0.459 e. The van der Waals surface area contributed by atoms with Crippen LogP contribution in [0.5, 0.6) is 0 Å². The van der Waals surface area contributed by atoms with Crippen molar-refractivity contribution in [2.75, 3.05) is 31.1 Å². The lowest BCUT2D eigenvalue weighted by molar-refractivity contribution is 0.0735. The van der Waals surface area contributed by atoms with Crippen LogP contribution in [0.1, 0.15) is 28.4 Å². The number of halogens is 1. The third-order valence-electron chi connectivity index (χ3n) is 4.52. The predicted molar refractivity (Wildman–Crippen MR) is 101 cm³/mol. The highest BCUT2D eigenvalue weighted by atomic mass is 32.1. The SMILES string of the molecule is O=C(c1ccco1)N1CCCN(c2nc(Cc3ccc(F)cc3)ns2)CC1. The topological polar surface area (TPSA) is 62.5 Å². The molecule has 3 aromatic rings. The Bertz CT molecular complexity index is 895. The Kier molecular flexibility index (Phi) is 5.15. The van der Waals surface area contributed by atoms with Gasteiger partial charge in [-0.05, 0) is 36.2 Å². The van der Waals surface area contributed by atoms with Gasteiger partial charge in [-0.1, -0.05) is 12.1 Å². The summed E-state index contributed by atoms with van der Waals surface area (Å²) in [6.07, 6.45) is 2.95. The van der Waals surface area contributed by atoms with Crippen molar-refractivity contribution in [3.05, 3.63) is 65.6 Å². The maximum absolute atomic E-state index is 13.0. The van der Waals surface area contributed by atoms with E-state index < -0.39 is 0 Å². The van der Waals surface area contributed by atoms with Crippen molar-refractivity contribution < 1.29 is 13.6 Å². The second-order valence-electron chi connectivity index (χ2n) is 6.41. The van der Waals surface area contributed by atoms with Gasteiger partial charge in [0, 0.05) is 44.1 Å². The molecule has 1 aliphatic rings. The van der Waals surface area contributed by atoms with Crippen LogP contribution in [0.2, 0.25) is 0 Å². The summed E-state index contributed by atoms with van der Waals surface area (Å²) in [4.78, 5) is 21.1. The summed E-state index contributed by atoms with van der Waals surface area (Å²) in [5, 5.41) is 0.861. The first kappa shape index (κ1) is 17.7. The molecule has 0 radical (unpaired) electrons. The number of amides is 1. The maximum atomic E-state index is 13.0. The molecule has 0 aliphatic carbocycles. The number of aromatic nitrogens is 2. The summed E-state index contributed by atoms with van der Waals surface area (Å²) in [5.74, 6) is 0.787. The molecule has 27 heavy (non-hydrogen) atoms. The van der Waals surface area contributed by atoms with Gasteiger partial charge < -0.3 is 14.2 Å². The summed E-state index contributed by atoms with van der Waals surface area (Å²) >= 11 is 1.36. The summed E-state index contributed by atoms with van der Waals surface area (Å²) in [6.45, 7) is 2.84. The third-order valence-corrected chi connectivity index (χ3v) is 5.33. The van der Waals surface area contributed by atoms with Gasteiger partial charge in [-0.2, -0.15) is 4.37 Å². The number of nitrogens with zero attached hydrogens (tertiary/aromatic N) is 4. The highest BCUT2D eigenvalue weighted by Crippen LogP contribution is 2.21. The van der Waals surface area contributed by atoms with E-state index >= 15 is 0 Å². The molecule has 1 saturated heterocycles. The van der Waals surface area contributed by atoms with E-state index in [0.717, 1.165) is 29.5 Å². The Labute approximate surface area is 160 Å². The smallest absolute Gasteiger partial charge is 0.289 e. The van der Waals surface area contributed by atoms with E-state index in [0.29, 0.717) is 31.8 Å². The van der Waals surface area contributed by atoms with E-state index in [1.54, 1.807) is 24.3 Å². The number of carbonyl (C=O) groups is 1. The molecular formula is C19H19FN4O2S. The second-order valence-corrected chi connectivity index (χ2v) is 7.14. The molecule has 0 unspecified atom stereocenters. The van der Waals surface area contributed by atoms with E-state index in [4.69, 9.17) is 4.42 Å². The van der Waals surface area contributed by atoms with Crippen LogP contribution in [0.3, 0.4) is 0 Å². The van der Waals surface area contributed by atoms with E-state index in [9.17, 15) is 9.18 Å². The molecule has 2 aromatic heterocycles. The summed E-state index contributed by atoms with van der Waals surface area (Å²) < 4.78 is 22.7. The lowest BCUT2D eigenvalue weighted by Gasteiger charge is -2.20. The molecule has 1 aromatic carbocycles. The van der Waals surface area contributed by atoms with Gasteiger partial charge in [-0.15, -0.1) is 0 Å². The molecule has 1 fully saturated rings. The van der Waals surface area contributed by atoms with E-state index in [2.05, 4.69) is 14.3 Å². The Hall–Kier alpha value is -2.74. The van der Waals surface area contributed by atoms with Crippen LogP contribution in [0.4, 0.5) is 9.52 Å². The molecule has 0 N–H and O–H groups in total. The fourth-order valence-electron chi connectivity index (χ4n) is 3.10. The van der Waals surface area contributed by atoms with Crippen LogP contribution in [0.15, 0.2) is 47.1 Å². The maximum Gasteiger partial charge on any atom is 0.289 e. The molecule has 140 valence electrons. The van der Waals surface area contributed by atoms with Crippen molar-refractivity contribution >= 4 is 22.6 Å². The molecule has 1 amide bonds. The van der Waals surface area contributed by atoms with Crippen molar-refractivity contribution in [2.24, 2.45) is 0 Å². The van der Waals surface area contributed by atoms with Crippen LogP contribution < -0.4 is 4.90 Å². The zero-order valence-corrected chi connectivity index (χ0v) is 15.5. The third kappa shape index (κ3) is 4.16. The highest BCUT2D eigenvalue weighted by Gasteiger charge is 2.23. The lowest BCUT2D eigenvalue weighted by atomic mass is 10.1. The van der Waals surface area contributed by atoms with Crippen molar-refractivity contribution in [1.29, 1.82) is 0 Å². The normalized spacial score (nSPS) is 15.0. The average molecular weight is 386 g/mol. The van der Waals surface area contributed by atoms with Crippen LogP contribution in [0, 0.1) is 5.82 Å². The summed E-state index contributed by atoms with van der Waals surface area (Å²) in [7, 11) is 0. The van der Waals surface area contributed by atoms with E-state index in [1.807, 2.05) is 4.90 Å². The van der Waals surface area contributed by atoms with E-state index in [-0.39, 0.29) is 11.7 Å². The van der Waals surface area contributed by atoms with Crippen molar-refractivity contribution in [1.82, 2.24) is 14.3 Å². The van der Waals surface area contributed by atoms with Gasteiger partial charge in [0.15, 0.2) is 5.76 Å². The quantitative estimate of drug-likeness (QED) is 0.689. The molecule has 8 heteroatoms. The largest absolute Gasteiger partial charge is 0.459 e. The first-order valence-corrected chi connectivity index (χ1v) is 9.61. The van der Waals surface area contributed by atoms with Crippen LogP contribution in [-0.2, 0) is 6.42 Å². The van der Waals surface area contributed by atoms with Gasteiger partial charge in [0.05, 0.1) is 6.26 Å². The van der Waals surface area contributed by atoms with Crippen molar-refractivity contribution in [3.8, 4) is 0 Å². The van der Waals surface area contributed by atoms with Gasteiger partial charge in [0.2, 0.25) is 5.13 Å². The second kappa shape index (κ2) is 7.87. The van der Waals surface area contributed by atoms with Crippen molar-refractivity contribution in [2.45, 2.75) is 12.8 Å². The Balaban J connectivity index is 1.39. The molecule has 1 aliphatic heterocycles. The monoisotopic (exact) mass is 386 g/mol. The number of carbonyl (C=O) groups excluding carboxylic acids is 1. The summed E-state index contributed by atoms with van der Waals surface area (Å²) in [6, 6.07) is 9.81.